The molecule has 0 atom stereocenters. The van der Waals surface area contributed by atoms with Gasteiger partial charge in [0.15, 0.2) is 0 Å². The summed E-state index contributed by atoms with van der Waals surface area (Å²) in [5, 5.41) is 12.0. The predicted octanol–water partition coefficient (Wildman–Crippen LogP) is 4.19. The van der Waals surface area contributed by atoms with Crippen LogP contribution >= 0.6 is 11.8 Å². The molecule has 26 heavy (non-hydrogen) atoms. The highest BCUT2D eigenvalue weighted by Gasteiger charge is 2.07. The van der Waals surface area contributed by atoms with Gasteiger partial charge in [0.2, 0.25) is 5.91 Å². The SMILES string of the molecule is COc1ccc(NC(=O)CSc2ccc(-c3ccccc3C)nn2)cc1. The highest BCUT2D eigenvalue weighted by atomic mass is 32.2. The van der Waals surface area contributed by atoms with Crippen molar-refractivity contribution in [2.24, 2.45) is 0 Å². The Morgan fingerprint density at radius 2 is 1.81 bits per heavy atom. The third-order valence-corrected chi connectivity index (χ3v) is 4.71. The van der Waals surface area contributed by atoms with Crippen molar-refractivity contribution < 1.29 is 9.53 Å². The zero-order chi connectivity index (χ0) is 18.4. The molecule has 0 radical (unpaired) electrons. The first-order valence-electron chi connectivity index (χ1n) is 8.12. The summed E-state index contributed by atoms with van der Waals surface area (Å²) < 4.78 is 5.10. The zero-order valence-corrected chi connectivity index (χ0v) is 15.4. The van der Waals surface area contributed by atoms with Gasteiger partial charge in [-0.1, -0.05) is 36.0 Å². The summed E-state index contributed by atoms with van der Waals surface area (Å²) in [4.78, 5) is 12.1. The Kier molecular flexibility index (Phi) is 5.86. The van der Waals surface area contributed by atoms with Crippen molar-refractivity contribution in [3.8, 4) is 17.0 Å². The van der Waals surface area contributed by atoms with Gasteiger partial charge < -0.3 is 10.1 Å². The molecule has 132 valence electrons. The molecule has 0 spiro atoms. The van der Waals surface area contributed by atoms with E-state index in [-0.39, 0.29) is 11.7 Å². The van der Waals surface area contributed by atoms with Gasteiger partial charge in [0.05, 0.1) is 18.6 Å². The molecule has 1 N–H and O–H groups in total. The minimum absolute atomic E-state index is 0.0926. The Labute approximate surface area is 156 Å². The molecule has 0 saturated carbocycles. The van der Waals surface area contributed by atoms with Crippen molar-refractivity contribution >= 4 is 23.4 Å². The number of aryl methyl sites for hydroxylation is 1. The molecule has 0 aliphatic rings. The van der Waals surface area contributed by atoms with Gasteiger partial charge in [-0.15, -0.1) is 10.2 Å². The van der Waals surface area contributed by atoms with E-state index in [9.17, 15) is 4.79 Å². The molecular formula is C20H19N3O2S. The number of anilines is 1. The summed E-state index contributed by atoms with van der Waals surface area (Å²) in [5.74, 6) is 0.927. The van der Waals surface area contributed by atoms with Crippen molar-refractivity contribution in [1.82, 2.24) is 10.2 Å². The van der Waals surface area contributed by atoms with Crippen molar-refractivity contribution in [1.29, 1.82) is 0 Å². The lowest BCUT2D eigenvalue weighted by Gasteiger charge is -2.07. The second-order valence-corrected chi connectivity index (χ2v) is 6.63. The Balaban J connectivity index is 1.56. The average molecular weight is 365 g/mol. The monoisotopic (exact) mass is 365 g/mol. The number of methoxy groups -OCH3 is 1. The summed E-state index contributed by atoms with van der Waals surface area (Å²) >= 11 is 1.35. The maximum absolute atomic E-state index is 12.1. The molecule has 2 aromatic carbocycles. The van der Waals surface area contributed by atoms with Crippen LogP contribution in [0.3, 0.4) is 0 Å². The predicted molar refractivity (Wildman–Crippen MR) is 105 cm³/mol. The topological polar surface area (TPSA) is 64.1 Å². The fourth-order valence-electron chi connectivity index (χ4n) is 2.41. The quantitative estimate of drug-likeness (QED) is 0.664. The molecule has 0 fully saturated rings. The molecule has 6 heteroatoms. The Bertz CT molecular complexity index is 880. The van der Waals surface area contributed by atoms with E-state index in [1.807, 2.05) is 43.3 Å². The normalized spacial score (nSPS) is 10.4. The number of nitrogens with zero attached hydrogens (tertiary/aromatic N) is 2. The van der Waals surface area contributed by atoms with Gasteiger partial charge in [-0.25, -0.2) is 0 Å². The Morgan fingerprint density at radius 1 is 1.04 bits per heavy atom. The van der Waals surface area contributed by atoms with Gasteiger partial charge in [0, 0.05) is 11.3 Å². The van der Waals surface area contributed by atoms with Gasteiger partial charge in [0.1, 0.15) is 10.8 Å². The van der Waals surface area contributed by atoms with Crippen LogP contribution in [-0.4, -0.2) is 29.0 Å². The number of hydrogen-bond acceptors (Lipinski definition) is 5. The maximum Gasteiger partial charge on any atom is 0.234 e. The minimum atomic E-state index is -0.0926. The highest BCUT2D eigenvalue weighted by molar-refractivity contribution is 7.99. The Morgan fingerprint density at radius 3 is 2.46 bits per heavy atom. The van der Waals surface area contributed by atoms with Gasteiger partial charge in [-0.3, -0.25) is 4.79 Å². The Hall–Kier alpha value is -2.86. The van der Waals surface area contributed by atoms with Crippen LogP contribution in [0.1, 0.15) is 5.56 Å². The first kappa shape index (κ1) is 17.9. The van der Waals surface area contributed by atoms with Crippen LogP contribution in [0, 0.1) is 6.92 Å². The number of amides is 1. The summed E-state index contributed by atoms with van der Waals surface area (Å²) in [6.07, 6.45) is 0. The second kappa shape index (κ2) is 8.49. The van der Waals surface area contributed by atoms with E-state index in [1.54, 1.807) is 31.4 Å². The summed E-state index contributed by atoms with van der Waals surface area (Å²) in [5.41, 5.74) is 3.78. The molecule has 3 aromatic rings. The minimum Gasteiger partial charge on any atom is -0.497 e. The van der Waals surface area contributed by atoms with Crippen molar-refractivity contribution in [2.75, 3.05) is 18.2 Å². The van der Waals surface area contributed by atoms with E-state index < -0.39 is 0 Å². The van der Waals surface area contributed by atoms with E-state index in [2.05, 4.69) is 15.5 Å². The molecule has 0 saturated heterocycles. The van der Waals surface area contributed by atoms with Gasteiger partial charge >= 0.3 is 0 Å². The lowest BCUT2D eigenvalue weighted by atomic mass is 10.1. The van der Waals surface area contributed by atoms with Gasteiger partial charge in [0.25, 0.3) is 0 Å². The third kappa shape index (κ3) is 4.61. The molecule has 5 nitrogen and oxygen atoms in total. The van der Waals surface area contributed by atoms with E-state index in [1.165, 1.54) is 11.8 Å². The van der Waals surface area contributed by atoms with Crippen LogP contribution in [0.4, 0.5) is 5.69 Å². The van der Waals surface area contributed by atoms with E-state index in [4.69, 9.17) is 4.74 Å². The van der Waals surface area contributed by atoms with Crippen LogP contribution in [0.5, 0.6) is 5.75 Å². The number of benzene rings is 2. The van der Waals surface area contributed by atoms with Crippen molar-refractivity contribution in [2.45, 2.75) is 11.9 Å². The standard InChI is InChI=1S/C20H19N3O2S/c1-14-5-3-4-6-17(14)18-11-12-20(23-22-18)26-13-19(24)21-15-7-9-16(25-2)10-8-15/h3-12H,13H2,1-2H3,(H,21,24). The lowest BCUT2D eigenvalue weighted by Crippen LogP contribution is -2.14. The molecular weight excluding hydrogens is 346 g/mol. The van der Waals surface area contributed by atoms with Crippen LogP contribution in [0.25, 0.3) is 11.3 Å². The van der Waals surface area contributed by atoms with Gasteiger partial charge in [-0.05, 0) is 48.9 Å². The zero-order valence-electron chi connectivity index (χ0n) is 14.6. The summed E-state index contributed by atoms with van der Waals surface area (Å²) in [7, 11) is 1.61. The van der Waals surface area contributed by atoms with E-state index >= 15 is 0 Å². The van der Waals surface area contributed by atoms with Crippen LogP contribution < -0.4 is 10.1 Å². The maximum atomic E-state index is 12.1. The molecule has 1 amide bonds. The molecule has 0 unspecified atom stereocenters. The van der Waals surface area contributed by atoms with E-state index in [0.717, 1.165) is 28.3 Å². The fourth-order valence-corrected chi connectivity index (χ4v) is 3.03. The van der Waals surface area contributed by atoms with Crippen LogP contribution in [0.2, 0.25) is 0 Å². The fraction of sp³-hybridized carbons (Fsp3) is 0.150. The number of rotatable bonds is 6. The largest absolute Gasteiger partial charge is 0.497 e. The molecule has 1 heterocycles. The molecule has 3 rings (SSSR count). The second-order valence-electron chi connectivity index (χ2n) is 5.64. The highest BCUT2D eigenvalue weighted by Crippen LogP contribution is 2.23. The number of hydrogen-bond donors (Lipinski definition) is 1. The smallest absolute Gasteiger partial charge is 0.234 e. The summed E-state index contributed by atoms with van der Waals surface area (Å²) in [6.45, 7) is 2.04. The number of carbonyl (C=O) groups is 1. The van der Waals surface area contributed by atoms with Crippen molar-refractivity contribution in [3.05, 3.63) is 66.2 Å². The first-order chi connectivity index (χ1) is 12.7. The number of thioether (sulfide) groups is 1. The lowest BCUT2D eigenvalue weighted by molar-refractivity contribution is -0.113. The first-order valence-corrected chi connectivity index (χ1v) is 9.11. The average Bonchev–Trinajstić information content (AvgIpc) is 2.68. The van der Waals surface area contributed by atoms with Crippen molar-refractivity contribution in [3.63, 3.8) is 0 Å². The molecule has 0 aliphatic heterocycles. The van der Waals surface area contributed by atoms with E-state index in [0.29, 0.717) is 5.03 Å². The molecule has 0 aliphatic carbocycles. The molecule has 0 bridgehead atoms. The number of carbonyl (C=O) groups excluding carboxylic acids is 1. The van der Waals surface area contributed by atoms with Crippen LogP contribution in [-0.2, 0) is 4.79 Å². The molecule has 1 aromatic heterocycles. The number of aromatic nitrogens is 2. The van der Waals surface area contributed by atoms with Gasteiger partial charge in [-0.2, -0.15) is 0 Å². The van der Waals surface area contributed by atoms with Crippen LogP contribution in [0.15, 0.2) is 65.7 Å². The third-order valence-electron chi connectivity index (χ3n) is 3.79. The number of nitrogens with one attached hydrogen (secondary N) is 1. The summed E-state index contributed by atoms with van der Waals surface area (Å²) in [6, 6.07) is 19.1. The number of ether oxygens (including phenoxy) is 1.